The summed E-state index contributed by atoms with van der Waals surface area (Å²) < 4.78 is 0. The van der Waals surface area contributed by atoms with Crippen molar-refractivity contribution < 1.29 is 9.59 Å². The van der Waals surface area contributed by atoms with Gasteiger partial charge >= 0.3 is 6.03 Å². The Balaban J connectivity index is 1.43. The largest absolute Gasteiger partial charge is 0.341 e. The van der Waals surface area contributed by atoms with Crippen molar-refractivity contribution in [3.05, 3.63) is 29.8 Å². The van der Waals surface area contributed by atoms with Gasteiger partial charge in [-0.3, -0.25) is 9.69 Å². The van der Waals surface area contributed by atoms with E-state index in [9.17, 15) is 9.59 Å². The van der Waals surface area contributed by atoms with E-state index in [4.69, 9.17) is 0 Å². The zero-order valence-electron chi connectivity index (χ0n) is 16.8. The monoisotopic (exact) mass is 372 g/mol. The third-order valence-electron chi connectivity index (χ3n) is 5.54. The quantitative estimate of drug-likeness (QED) is 0.887. The summed E-state index contributed by atoms with van der Waals surface area (Å²) in [6.45, 7) is 11.5. The minimum Gasteiger partial charge on any atom is -0.341 e. The molecule has 0 spiro atoms. The molecule has 1 N–H and O–H groups in total. The molecule has 27 heavy (non-hydrogen) atoms. The van der Waals surface area contributed by atoms with Gasteiger partial charge in [-0.15, -0.1) is 0 Å². The molecule has 0 aromatic heterocycles. The average Bonchev–Trinajstić information content (AvgIpc) is 2.63. The number of urea groups is 1. The Labute approximate surface area is 162 Å². The molecular formula is C21H32N4O2. The fourth-order valence-electron chi connectivity index (χ4n) is 4.11. The first-order chi connectivity index (χ1) is 12.9. The van der Waals surface area contributed by atoms with Gasteiger partial charge in [0.2, 0.25) is 5.91 Å². The van der Waals surface area contributed by atoms with Crippen molar-refractivity contribution in [2.45, 2.75) is 27.2 Å². The van der Waals surface area contributed by atoms with Crippen LogP contribution in [0, 0.1) is 18.8 Å². The van der Waals surface area contributed by atoms with Crippen molar-refractivity contribution in [2.75, 3.05) is 51.1 Å². The zero-order valence-corrected chi connectivity index (χ0v) is 16.8. The summed E-state index contributed by atoms with van der Waals surface area (Å²) in [7, 11) is 0. The Morgan fingerprint density at radius 3 is 2.15 bits per heavy atom. The van der Waals surface area contributed by atoms with E-state index < -0.39 is 0 Å². The van der Waals surface area contributed by atoms with Gasteiger partial charge in [0.25, 0.3) is 0 Å². The van der Waals surface area contributed by atoms with Gasteiger partial charge in [-0.05, 0) is 37.3 Å². The summed E-state index contributed by atoms with van der Waals surface area (Å²) in [5.41, 5.74) is 1.99. The molecule has 6 heteroatoms. The topological polar surface area (TPSA) is 55.9 Å². The Morgan fingerprint density at radius 1 is 0.963 bits per heavy atom. The number of nitrogens with one attached hydrogen (secondary N) is 1. The number of hydrogen-bond donors (Lipinski definition) is 1. The van der Waals surface area contributed by atoms with Crippen LogP contribution in [0.2, 0.25) is 0 Å². The lowest BCUT2D eigenvalue weighted by Gasteiger charge is -2.38. The Hall–Kier alpha value is -2.08. The lowest BCUT2D eigenvalue weighted by atomic mass is 9.92. The molecule has 0 unspecified atom stereocenters. The number of carbonyl (C=O) groups excluding carboxylic acids is 2. The predicted molar refractivity (Wildman–Crippen MR) is 108 cm³/mol. The molecule has 6 nitrogen and oxygen atoms in total. The number of aryl methyl sites for hydroxylation is 1. The van der Waals surface area contributed by atoms with Crippen LogP contribution >= 0.6 is 0 Å². The van der Waals surface area contributed by atoms with E-state index in [2.05, 4.69) is 24.1 Å². The molecule has 2 saturated heterocycles. The first-order valence-electron chi connectivity index (χ1n) is 10.0. The first kappa shape index (κ1) is 19.7. The highest BCUT2D eigenvalue weighted by Crippen LogP contribution is 2.21. The molecule has 2 heterocycles. The lowest BCUT2D eigenvalue weighted by molar-refractivity contribution is -0.135. The highest BCUT2D eigenvalue weighted by atomic mass is 16.2. The highest BCUT2D eigenvalue weighted by molar-refractivity contribution is 5.89. The van der Waals surface area contributed by atoms with Gasteiger partial charge in [-0.2, -0.15) is 0 Å². The van der Waals surface area contributed by atoms with Crippen LogP contribution in [0.3, 0.4) is 0 Å². The van der Waals surface area contributed by atoms with Gasteiger partial charge < -0.3 is 15.1 Å². The van der Waals surface area contributed by atoms with Gasteiger partial charge in [0.05, 0.1) is 6.54 Å². The zero-order chi connectivity index (χ0) is 19.4. The van der Waals surface area contributed by atoms with E-state index in [-0.39, 0.29) is 11.9 Å². The third kappa shape index (κ3) is 5.45. The van der Waals surface area contributed by atoms with E-state index in [1.165, 1.54) is 12.0 Å². The number of piperazine rings is 1. The molecule has 2 aliphatic rings. The maximum absolute atomic E-state index is 12.6. The molecule has 3 rings (SSSR count). The third-order valence-corrected chi connectivity index (χ3v) is 5.54. The van der Waals surface area contributed by atoms with Crippen LogP contribution in [0.5, 0.6) is 0 Å². The van der Waals surface area contributed by atoms with Crippen LogP contribution in [-0.4, -0.2) is 72.5 Å². The summed E-state index contributed by atoms with van der Waals surface area (Å²) in [6.07, 6.45) is 1.21. The molecule has 0 saturated carbocycles. The van der Waals surface area contributed by atoms with E-state index in [1.54, 1.807) is 0 Å². The summed E-state index contributed by atoms with van der Waals surface area (Å²) in [6, 6.07) is 7.75. The molecule has 0 aliphatic carbocycles. The maximum atomic E-state index is 12.6. The SMILES string of the molecule is Cc1ccc(NC(=O)N2CCN(CC(=O)N3C[C@@H](C)C[C@H](C)C3)CC2)cc1. The number of piperidine rings is 1. The average molecular weight is 373 g/mol. The van der Waals surface area contributed by atoms with Crippen LogP contribution in [0.1, 0.15) is 25.8 Å². The highest BCUT2D eigenvalue weighted by Gasteiger charge is 2.28. The van der Waals surface area contributed by atoms with E-state index in [1.807, 2.05) is 41.0 Å². The normalized spacial score (nSPS) is 24.0. The first-order valence-corrected chi connectivity index (χ1v) is 10.0. The number of benzene rings is 1. The number of anilines is 1. The van der Waals surface area contributed by atoms with Gasteiger partial charge in [-0.25, -0.2) is 4.79 Å². The number of rotatable bonds is 3. The maximum Gasteiger partial charge on any atom is 0.321 e. The minimum absolute atomic E-state index is 0.0662. The van der Waals surface area contributed by atoms with Crippen molar-refractivity contribution >= 4 is 17.6 Å². The second-order valence-electron chi connectivity index (χ2n) is 8.30. The van der Waals surface area contributed by atoms with Gasteiger partial charge in [0.15, 0.2) is 0 Å². The van der Waals surface area contributed by atoms with Gasteiger partial charge in [0.1, 0.15) is 0 Å². The number of likely N-dealkylation sites (tertiary alicyclic amines) is 1. The second kappa shape index (κ2) is 8.74. The molecule has 0 radical (unpaired) electrons. The number of nitrogens with zero attached hydrogens (tertiary/aromatic N) is 3. The molecule has 2 atom stereocenters. The molecular weight excluding hydrogens is 340 g/mol. The number of carbonyl (C=O) groups is 2. The molecule has 148 valence electrons. The minimum atomic E-state index is -0.0662. The Bertz CT molecular complexity index is 643. The lowest BCUT2D eigenvalue weighted by Crippen LogP contribution is -2.53. The number of hydrogen-bond acceptors (Lipinski definition) is 3. The molecule has 2 aliphatic heterocycles. The van der Waals surface area contributed by atoms with Crippen molar-refractivity contribution in [1.82, 2.24) is 14.7 Å². The van der Waals surface area contributed by atoms with Crippen molar-refractivity contribution in [2.24, 2.45) is 11.8 Å². The fourth-order valence-corrected chi connectivity index (χ4v) is 4.11. The fraction of sp³-hybridized carbons (Fsp3) is 0.619. The second-order valence-corrected chi connectivity index (χ2v) is 8.30. The van der Waals surface area contributed by atoms with Crippen molar-refractivity contribution in [1.29, 1.82) is 0 Å². The van der Waals surface area contributed by atoms with Crippen molar-refractivity contribution in [3.63, 3.8) is 0 Å². The molecule has 1 aromatic carbocycles. The smallest absolute Gasteiger partial charge is 0.321 e. The van der Waals surface area contributed by atoms with Crippen molar-refractivity contribution in [3.8, 4) is 0 Å². The standard InChI is InChI=1S/C21H32N4O2/c1-16-4-6-19(7-5-16)22-21(27)24-10-8-23(9-11-24)15-20(26)25-13-17(2)12-18(3)14-25/h4-7,17-18H,8-15H2,1-3H3,(H,22,27)/t17-,18-/m0/s1. The molecule has 1 aromatic rings. The Kier molecular flexibility index (Phi) is 6.37. The summed E-state index contributed by atoms with van der Waals surface area (Å²) in [5, 5.41) is 2.95. The van der Waals surface area contributed by atoms with Crippen LogP contribution in [0.25, 0.3) is 0 Å². The number of amides is 3. The molecule has 3 amide bonds. The molecule has 0 bridgehead atoms. The van der Waals surface area contributed by atoms with Crippen LogP contribution in [0.4, 0.5) is 10.5 Å². The van der Waals surface area contributed by atoms with Gasteiger partial charge in [-0.1, -0.05) is 31.5 Å². The van der Waals surface area contributed by atoms with E-state index in [0.717, 1.165) is 31.9 Å². The summed E-state index contributed by atoms with van der Waals surface area (Å²) >= 11 is 0. The molecule has 2 fully saturated rings. The van der Waals surface area contributed by atoms with Crippen LogP contribution in [0.15, 0.2) is 24.3 Å². The predicted octanol–water partition coefficient (Wildman–Crippen LogP) is 2.65. The Morgan fingerprint density at radius 2 is 1.56 bits per heavy atom. The van der Waals surface area contributed by atoms with Crippen LogP contribution in [-0.2, 0) is 4.79 Å². The summed E-state index contributed by atoms with van der Waals surface area (Å²) in [4.78, 5) is 31.1. The van der Waals surface area contributed by atoms with Crippen LogP contribution < -0.4 is 5.32 Å². The van der Waals surface area contributed by atoms with E-state index >= 15 is 0 Å². The van der Waals surface area contributed by atoms with E-state index in [0.29, 0.717) is 31.5 Å². The summed E-state index contributed by atoms with van der Waals surface area (Å²) in [5.74, 6) is 1.39. The van der Waals surface area contributed by atoms with Gasteiger partial charge in [0, 0.05) is 45.0 Å².